The number of aromatic nitrogens is 2. The number of anilines is 2. The van der Waals surface area contributed by atoms with Crippen LogP contribution in [0.5, 0.6) is 0 Å². The summed E-state index contributed by atoms with van der Waals surface area (Å²) in [6.45, 7) is 2.46. The maximum absolute atomic E-state index is 10.8. The minimum atomic E-state index is -0.539. The Hall–Kier alpha value is -2.22. The average molecular weight is 265 g/mol. The number of thiophene rings is 1. The standard InChI is InChI=1S/C10H11N5O2S/c1-6-2-3-18-8(6)5-12-9-7(15(16)17)4-13-10(11)14-9/h2-4H,5H2,1H3,(H3,11,12,13,14). The summed E-state index contributed by atoms with van der Waals surface area (Å²) in [5.74, 6) is 0.145. The van der Waals surface area contributed by atoms with Crippen molar-refractivity contribution in [1.29, 1.82) is 0 Å². The van der Waals surface area contributed by atoms with Crippen LogP contribution in [0.1, 0.15) is 10.4 Å². The molecule has 8 heteroatoms. The van der Waals surface area contributed by atoms with Crippen LogP contribution in [-0.4, -0.2) is 14.9 Å². The third-order valence-electron chi connectivity index (χ3n) is 2.37. The van der Waals surface area contributed by atoms with E-state index in [1.54, 1.807) is 11.3 Å². The molecule has 0 bridgehead atoms. The fourth-order valence-corrected chi connectivity index (χ4v) is 2.25. The molecule has 0 saturated carbocycles. The Morgan fingerprint density at radius 3 is 3.00 bits per heavy atom. The van der Waals surface area contributed by atoms with E-state index in [1.807, 2.05) is 18.4 Å². The van der Waals surface area contributed by atoms with E-state index >= 15 is 0 Å². The lowest BCUT2D eigenvalue weighted by Crippen LogP contribution is -2.07. The number of aryl methyl sites for hydroxylation is 1. The first-order valence-electron chi connectivity index (χ1n) is 5.11. The molecule has 0 fully saturated rings. The molecule has 2 aromatic rings. The van der Waals surface area contributed by atoms with Gasteiger partial charge in [-0.2, -0.15) is 4.98 Å². The maximum Gasteiger partial charge on any atom is 0.329 e. The van der Waals surface area contributed by atoms with Crippen molar-refractivity contribution in [2.75, 3.05) is 11.1 Å². The fourth-order valence-electron chi connectivity index (χ4n) is 1.40. The Bertz CT molecular complexity index is 583. The van der Waals surface area contributed by atoms with Gasteiger partial charge >= 0.3 is 5.69 Å². The van der Waals surface area contributed by atoms with Crippen LogP contribution in [0.15, 0.2) is 17.6 Å². The summed E-state index contributed by atoms with van der Waals surface area (Å²) in [6, 6.07) is 1.99. The monoisotopic (exact) mass is 265 g/mol. The number of nitrogens with two attached hydrogens (primary N) is 1. The maximum atomic E-state index is 10.8. The lowest BCUT2D eigenvalue weighted by molar-refractivity contribution is -0.384. The molecule has 0 aromatic carbocycles. The van der Waals surface area contributed by atoms with Crippen molar-refractivity contribution < 1.29 is 4.92 Å². The molecule has 0 aliphatic carbocycles. The Kier molecular flexibility index (Phi) is 3.38. The van der Waals surface area contributed by atoms with E-state index in [9.17, 15) is 10.1 Å². The van der Waals surface area contributed by atoms with Crippen LogP contribution >= 0.6 is 11.3 Å². The molecule has 0 aliphatic rings. The molecule has 0 radical (unpaired) electrons. The van der Waals surface area contributed by atoms with Gasteiger partial charge in [0.25, 0.3) is 0 Å². The van der Waals surface area contributed by atoms with Gasteiger partial charge in [-0.1, -0.05) is 0 Å². The molecule has 0 saturated heterocycles. The van der Waals surface area contributed by atoms with Gasteiger partial charge in [0.15, 0.2) is 0 Å². The molecule has 0 unspecified atom stereocenters. The van der Waals surface area contributed by atoms with Crippen LogP contribution in [-0.2, 0) is 6.54 Å². The number of nitro groups is 1. The first-order chi connectivity index (χ1) is 8.58. The first-order valence-corrected chi connectivity index (χ1v) is 5.99. The minimum absolute atomic E-state index is 0.00556. The lowest BCUT2D eigenvalue weighted by Gasteiger charge is -2.05. The van der Waals surface area contributed by atoms with Gasteiger partial charge in [-0.25, -0.2) is 4.98 Å². The van der Waals surface area contributed by atoms with Crippen LogP contribution in [0.4, 0.5) is 17.5 Å². The molecular formula is C10H11N5O2S. The van der Waals surface area contributed by atoms with Crippen LogP contribution in [0.3, 0.4) is 0 Å². The molecule has 2 heterocycles. The molecule has 2 aromatic heterocycles. The molecular weight excluding hydrogens is 254 g/mol. The highest BCUT2D eigenvalue weighted by Gasteiger charge is 2.16. The lowest BCUT2D eigenvalue weighted by atomic mass is 10.3. The molecule has 94 valence electrons. The van der Waals surface area contributed by atoms with E-state index < -0.39 is 4.92 Å². The van der Waals surface area contributed by atoms with Gasteiger partial charge in [0.1, 0.15) is 6.20 Å². The van der Waals surface area contributed by atoms with E-state index in [1.165, 1.54) is 0 Å². The SMILES string of the molecule is Cc1ccsc1CNc1nc(N)ncc1[N+](=O)[O-]. The predicted molar refractivity (Wildman–Crippen MR) is 69.5 cm³/mol. The smallest absolute Gasteiger partial charge is 0.329 e. The zero-order chi connectivity index (χ0) is 13.1. The quantitative estimate of drug-likeness (QED) is 0.646. The Labute approximate surface area is 107 Å². The van der Waals surface area contributed by atoms with Gasteiger partial charge < -0.3 is 11.1 Å². The molecule has 0 spiro atoms. The van der Waals surface area contributed by atoms with Crippen molar-refractivity contribution in [1.82, 2.24) is 9.97 Å². The largest absolute Gasteiger partial charge is 0.368 e. The van der Waals surface area contributed by atoms with Gasteiger partial charge in [0, 0.05) is 4.88 Å². The molecule has 3 N–H and O–H groups in total. The zero-order valence-corrected chi connectivity index (χ0v) is 10.4. The second-order valence-corrected chi connectivity index (χ2v) is 4.60. The normalized spacial score (nSPS) is 10.3. The van der Waals surface area contributed by atoms with Crippen LogP contribution in [0, 0.1) is 17.0 Å². The highest BCUT2D eigenvalue weighted by Crippen LogP contribution is 2.23. The van der Waals surface area contributed by atoms with Crippen molar-refractivity contribution in [3.8, 4) is 0 Å². The van der Waals surface area contributed by atoms with Crippen LogP contribution in [0.25, 0.3) is 0 Å². The summed E-state index contributed by atoms with van der Waals surface area (Å²) in [7, 11) is 0. The summed E-state index contributed by atoms with van der Waals surface area (Å²) >= 11 is 1.58. The second-order valence-electron chi connectivity index (χ2n) is 3.60. The van der Waals surface area contributed by atoms with Crippen molar-refractivity contribution in [3.05, 3.63) is 38.2 Å². The number of rotatable bonds is 4. The first kappa shape index (κ1) is 12.2. The summed E-state index contributed by atoms with van der Waals surface area (Å²) in [4.78, 5) is 18.8. The van der Waals surface area contributed by atoms with Gasteiger partial charge in [0.2, 0.25) is 11.8 Å². The molecule has 2 rings (SSSR count). The summed E-state index contributed by atoms with van der Waals surface area (Å²) in [5, 5.41) is 15.7. The van der Waals surface area contributed by atoms with Gasteiger partial charge in [-0.3, -0.25) is 10.1 Å². The van der Waals surface area contributed by atoms with E-state index in [4.69, 9.17) is 5.73 Å². The van der Waals surface area contributed by atoms with Gasteiger partial charge in [-0.05, 0) is 23.9 Å². The fraction of sp³-hybridized carbons (Fsp3) is 0.200. The highest BCUT2D eigenvalue weighted by atomic mass is 32.1. The van der Waals surface area contributed by atoms with Crippen LogP contribution < -0.4 is 11.1 Å². The average Bonchev–Trinajstić information content (AvgIpc) is 2.72. The van der Waals surface area contributed by atoms with E-state index in [2.05, 4.69) is 15.3 Å². The van der Waals surface area contributed by atoms with Crippen molar-refractivity contribution in [2.24, 2.45) is 0 Å². The molecule has 0 amide bonds. The Balaban J connectivity index is 2.20. The van der Waals surface area contributed by atoms with E-state index in [0.717, 1.165) is 16.6 Å². The molecule has 0 aliphatic heterocycles. The third-order valence-corrected chi connectivity index (χ3v) is 3.39. The summed E-state index contributed by atoms with van der Waals surface area (Å²) in [6.07, 6.45) is 1.10. The summed E-state index contributed by atoms with van der Waals surface area (Å²) < 4.78 is 0. The predicted octanol–water partition coefficient (Wildman–Crippen LogP) is 1.95. The third kappa shape index (κ3) is 2.54. The topological polar surface area (TPSA) is 107 Å². The Morgan fingerprint density at radius 2 is 2.39 bits per heavy atom. The zero-order valence-electron chi connectivity index (χ0n) is 9.58. The molecule has 7 nitrogen and oxygen atoms in total. The van der Waals surface area contributed by atoms with Crippen molar-refractivity contribution in [2.45, 2.75) is 13.5 Å². The second kappa shape index (κ2) is 4.96. The number of nitrogens with one attached hydrogen (secondary N) is 1. The van der Waals surface area contributed by atoms with Crippen LogP contribution in [0.2, 0.25) is 0 Å². The minimum Gasteiger partial charge on any atom is -0.368 e. The van der Waals surface area contributed by atoms with Crippen molar-refractivity contribution >= 4 is 28.8 Å². The highest BCUT2D eigenvalue weighted by molar-refractivity contribution is 7.10. The summed E-state index contributed by atoms with van der Waals surface area (Å²) in [5.41, 5.74) is 6.38. The molecule has 0 atom stereocenters. The van der Waals surface area contributed by atoms with E-state index in [0.29, 0.717) is 6.54 Å². The van der Waals surface area contributed by atoms with Crippen molar-refractivity contribution in [3.63, 3.8) is 0 Å². The number of nitrogen functional groups attached to an aromatic ring is 1. The number of nitrogens with zero attached hydrogens (tertiary/aromatic N) is 3. The number of hydrogen-bond acceptors (Lipinski definition) is 7. The van der Waals surface area contributed by atoms with Gasteiger partial charge in [-0.15, -0.1) is 11.3 Å². The molecule has 18 heavy (non-hydrogen) atoms. The Morgan fingerprint density at radius 1 is 1.61 bits per heavy atom. The van der Waals surface area contributed by atoms with E-state index in [-0.39, 0.29) is 17.5 Å². The number of hydrogen-bond donors (Lipinski definition) is 2. The van der Waals surface area contributed by atoms with Gasteiger partial charge in [0.05, 0.1) is 11.5 Å².